The number of pyridine rings is 1. The summed E-state index contributed by atoms with van der Waals surface area (Å²) in [7, 11) is 3.10. The van der Waals surface area contributed by atoms with Crippen LogP contribution in [0, 0.1) is 0 Å². The van der Waals surface area contributed by atoms with Crippen molar-refractivity contribution in [2.45, 2.75) is 0 Å². The van der Waals surface area contributed by atoms with Gasteiger partial charge < -0.3 is 20.1 Å². The Kier molecular flexibility index (Phi) is 4.39. The van der Waals surface area contributed by atoms with E-state index in [0.29, 0.717) is 22.9 Å². The van der Waals surface area contributed by atoms with E-state index < -0.39 is 0 Å². The zero-order valence-corrected chi connectivity index (χ0v) is 11.2. The number of amides is 2. The van der Waals surface area contributed by atoms with Gasteiger partial charge in [-0.3, -0.25) is 4.98 Å². The van der Waals surface area contributed by atoms with Crippen molar-refractivity contribution in [1.82, 2.24) is 4.98 Å². The minimum absolute atomic E-state index is 0.367. The molecule has 0 bridgehead atoms. The first kappa shape index (κ1) is 13.7. The van der Waals surface area contributed by atoms with Crippen molar-refractivity contribution in [2.24, 2.45) is 0 Å². The summed E-state index contributed by atoms with van der Waals surface area (Å²) in [6.07, 6.45) is 3.20. The van der Waals surface area contributed by atoms with E-state index in [0.717, 1.165) is 0 Å². The number of hydrogen-bond donors (Lipinski definition) is 2. The van der Waals surface area contributed by atoms with E-state index in [4.69, 9.17) is 9.47 Å². The number of urea groups is 1. The molecule has 0 saturated heterocycles. The fraction of sp³-hybridized carbons (Fsp3) is 0.143. The normalized spacial score (nSPS) is 9.70. The number of hydrogen-bond acceptors (Lipinski definition) is 4. The minimum Gasteiger partial charge on any atom is -0.497 e. The Hall–Kier alpha value is -2.76. The van der Waals surface area contributed by atoms with Gasteiger partial charge in [0.25, 0.3) is 0 Å². The second kappa shape index (κ2) is 6.42. The molecule has 20 heavy (non-hydrogen) atoms. The van der Waals surface area contributed by atoms with Crippen LogP contribution in [-0.4, -0.2) is 25.2 Å². The van der Waals surface area contributed by atoms with Gasteiger partial charge in [-0.25, -0.2) is 4.79 Å². The molecule has 6 heteroatoms. The van der Waals surface area contributed by atoms with Crippen LogP contribution in [-0.2, 0) is 0 Å². The monoisotopic (exact) mass is 273 g/mol. The van der Waals surface area contributed by atoms with Gasteiger partial charge in [0.1, 0.15) is 11.5 Å². The third-order valence-corrected chi connectivity index (χ3v) is 2.53. The molecule has 104 valence electrons. The van der Waals surface area contributed by atoms with Gasteiger partial charge in [-0.1, -0.05) is 0 Å². The number of rotatable bonds is 4. The molecular formula is C14H15N3O3. The largest absolute Gasteiger partial charge is 0.497 e. The SMILES string of the molecule is COc1cc(NC(=O)Nc2cccnc2)cc(OC)c1. The van der Waals surface area contributed by atoms with Gasteiger partial charge in [0.05, 0.1) is 26.1 Å². The highest BCUT2D eigenvalue weighted by atomic mass is 16.5. The Balaban J connectivity index is 2.07. The molecule has 6 nitrogen and oxygen atoms in total. The Labute approximate surface area is 116 Å². The molecule has 0 spiro atoms. The maximum Gasteiger partial charge on any atom is 0.323 e. The average Bonchev–Trinajstić information content (AvgIpc) is 2.47. The van der Waals surface area contributed by atoms with Gasteiger partial charge in [-0.05, 0) is 12.1 Å². The van der Waals surface area contributed by atoms with Crippen LogP contribution in [0.5, 0.6) is 11.5 Å². The second-order valence-electron chi connectivity index (χ2n) is 3.92. The first-order valence-electron chi connectivity index (χ1n) is 5.92. The lowest BCUT2D eigenvalue weighted by molar-refractivity contribution is 0.262. The molecule has 1 heterocycles. The van der Waals surface area contributed by atoms with Crippen LogP contribution in [0.2, 0.25) is 0 Å². The van der Waals surface area contributed by atoms with E-state index in [1.807, 2.05) is 0 Å². The molecule has 0 aliphatic heterocycles. The van der Waals surface area contributed by atoms with Gasteiger partial charge in [0.2, 0.25) is 0 Å². The molecule has 2 amide bonds. The van der Waals surface area contributed by atoms with Crippen molar-refractivity contribution in [3.05, 3.63) is 42.7 Å². The van der Waals surface area contributed by atoms with Crippen molar-refractivity contribution >= 4 is 17.4 Å². The van der Waals surface area contributed by atoms with Crippen LogP contribution in [0.15, 0.2) is 42.7 Å². The smallest absolute Gasteiger partial charge is 0.323 e. The fourth-order valence-electron chi connectivity index (χ4n) is 1.61. The quantitative estimate of drug-likeness (QED) is 0.898. The zero-order chi connectivity index (χ0) is 14.4. The first-order chi connectivity index (χ1) is 9.71. The number of aromatic nitrogens is 1. The summed E-state index contributed by atoms with van der Waals surface area (Å²) in [6, 6.07) is 8.25. The topological polar surface area (TPSA) is 72.5 Å². The van der Waals surface area contributed by atoms with E-state index in [9.17, 15) is 4.79 Å². The van der Waals surface area contributed by atoms with Crippen molar-refractivity contribution in [1.29, 1.82) is 0 Å². The van der Waals surface area contributed by atoms with Crippen LogP contribution in [0.3, 0.4) is 0 Å². The lowest BCUT2D eigenvalue weighted by Gasteiger charge is -2.10. The van der Waals surface area contributed by atoms with Crippen LogP contribution >= 0.6 is 0 Å². The molecular weight excluding hydrogens is 258 g/mol. The number of ether oxygens (including phenoxy) is 2. The summed E-state index contributed by atoms with van der Waals surface area (Å²) >= 11 is 0. The molecule has 0 radical (unpaired) electrons. The van der Waals surface area contributed by atoms with Crippen molar-refractivity contribution in [2.75, 3.05) is 24.9 Å². The summed E-state index contributed by atoms with van der Waals surface area (Å²) < 4.78 is 10.3. The molecule has 0 saturated carbocycles. The zero-order valence-electron chi connectivity index (χ0n) is 11.2. The Morgan fingerprint density at radius 2 is 1.70 bits per heavy atom. The molecule has 0 atom stereocenters. The number of carbonyl (C=O) groups is 1. The minimum atomic E-state index is -0.367. The van der Waals surface area contributed by atoms with Crippen LogP contribution in [0.25, 0.3) is 0 Å². The maximum atomic E-state index is 11.8. The molecule has 1 aromatic heterocycles. The first-order valence-corrected chi connectivity index (χ1v) is 5.92. The van der Waals surface area contributed by atoms with Gasteiger partial charge in [-0.15, -0.1) is 0 Å². The molecule has 2 N–H and O–H groups in total. The number of nitrogens with one attached hydrogen (secondary N) is 2. The molecule has 0 unspecified atom stereocenters. The third kappa shape index (κ3) is 3.61. The highest BCUT2D eigenvalue weighted by molar-refractivity contribution is 5.99. The van der Waals surface area contributed by atoms with Gasteiger partial charge >= 0.3 is 6.03 Å². The molecule has 0 fully saturated rings. The van der Waals surface area contributed by atoms with Gasteiger partial charge in [0, 0.05) is 30.1 Å². The van der Waals surface area contributed by atoms with Crippen molar-refractivity contribution in [3.8, 4) is 11.5 Å². The Morgan fingerprint density at radius 3 is 2.25 bits per heavy atom. The van der Waals surface area contributed by atoms with Crippen molar-refractivity contribution in [3.63, 3.8) is 0 Å². The van der Waals surface area contributed by atoms with E-state index in [2.05, 4.69) is 15.6 Å². The second-order valence-corrected chi connectivity index (χ2v) is 3.92. The fourth-order valence-corrected chi connectivity index (χ4v) is 1.61. The van der Waals surface area contributed by atoms with E-state index in [1.165, 1.54) is 0 Å². The molecule has 2 aromatic rings. The maximum absolute atomic E-state index is 11.8. The number of anilines is 2. The van der Waals surface area contributed by atoms with Gasteiger partial charge in [-0.2, -0.15) is 0 Å². The van der Waals surface area contributed by atoms with Crippen LogP contribution in [0.1, 0.15) is 0 Å². The lowest BCUT2D eigenvalue weighted by atomic mass is 10.3. The van der Waals surface area contributed by atoms with Crippen LogP contribution < -0.4 is 20.1 Å². The summed E-state index contributed by atoms with van der Waals surface area (Å²) in [5.41, 5.74) is 1.18. The number of nitrogens with zero attached hydrogens (tertiary/aromatic N) is 1. The average molecular weight is 273 g/mol. The summed E-state index contributed by atoms with van der Waals surface area (Å²) in [4.78, 5) is 15.8. The highest BCUT2D eigenvalue weighted by Crippen LogP contribution is 2.25. The van der Waals surface area contributed by atoms with E-state index in [-0.39, 0.29) is 6.03 Å². The predicted octanol–water partition coefficient (Wildman–Crippen LogP) is 2.74. The van der Waals surface area contributed by atoms with E-state index >= 15 is 0 Å². The van der Waals surface area contributed by atoms with Crippen molar-refractivity contribution < 1.29 is 14.3 Å². The summed E-state index contributed by atoms with van der Waals surface area (Å²) in [5, 5.41) is 5.37. The Morgan fingerprint density at radius 1 is 1.05 bits per heavy atom. The highest BCUT2D eigenvalue weighted by Gasteiger charge is 2.06. The molecule has 2 rings (SSSR count). The number of benzene rings is 1. The predicted molar refractivity (Wildman–Crippen MR) is 76.4 cm³/mol. The van der Waals surface area contributed by atoms with Gasteiger partial charge in [0.15, 0.2) is 0 Å². The summed E-state index contributed by atoms with van der Waals surface area (Å²) in [6.45, 7) is 0. The Bertz CT molecular complexity index is 565. The number of carbonyl (C=O) groups excluding carboxylic acids is 1. The van der Waals surface area contributed by atoms with Crippen LogP contribution in [0.4, 0.5) is 16.2 Å². The number of methoxy groups -OCH3 is 2. The molecule has 0 aliphatic carbocycles. The molecule has 1 aromatic carbocycles. The standard InChI is InChI=1S/C14H15N3O3/c1-19-12-6-11(7-13(8-12)20-2)17-14(18)16-10-4-3-5-15-9-10/h3-9H,1-2H3,(H2,16,17,18). The summed E-state index contributed by atoms with van der Waals surface area (Å²) in [5.74, 6) is 1.20. The molecule has 0 aliphatic rings. The van der Waals surface area contributed by atoms with E-state index in [1.54, 1.807) is 56.9 Å². The third-order valence-electron chi connectivity index (χ3n) is 2.53. The lowest BCUT2D eigenvalue weighted by Crippen LogP contribution is -2.19.